The molecular formula is C17H15N5O3. The van der Waals surface area contributed by atoms with Crippen LogP contribution in [0.25, 0.3) is 27.8 Å². The molecule has 1 amide bonds. The molecule has 0 aliphatic heterocycles. The summed E-state index contributed by atoms with van der Waals surface area (Å²) < 4.78 is 7.46. The highest BCUT2D eigenvalue weighted by atomic mass is 16.5. The van der Waals surface area contributed by atoms with Crippen molar-refractivity contribution in [3.05, 3.63) is 29.5 Å². The van der Waals surface area contributed by atoms with Gasteiger partial charge in [-0.1, -0.05) is 6.07 Å². The number of rotatable bonds is 3. The van der Waals surface area contributed by atoms with Gasteiger partial charge in [-0.25, -0.2) is 9.97 Å². The van der Waals surface area contributed by atoms with Gasteiger partial charge in [0.1, 0.15) is 34.1 Å². The monoisotopic (exact) mass is 337 g/mol. The molecule has 1 aromatic carbocycles. The molecule has 1 aliphatic carbocycles. The first-order chi connectivity index (χ1) is 12.0. The van der Waals surface area contributed by atoms with Gasteiger partial charge in [0.15, 0.2) is 5.65 Å². The second-order valence-electron chi connectivity index (χ2n) is 6.37. The Kier molecular flexibility index (Phi) is 2.61. The van der Waals surface area contributed by atoms with Crippen molar-refractivity contribution in [3.8, 4) is 11.6 Å². The average Bonchev–Trinajstić information content (AvgIpc) is 3.20. The molecule has 0 atom stereocenters. The standard InChI is InChI=1S/C17H15N5O3/c1-7-2-5-9(23)12-14(7)22-16(21-12)11(15(18)24)13-17(22)19-6-10(20-13)25-8-3-4-8/h2,5-6,8,21,23H,3-4H2,1H3,(H2,18,24). The van der Waals surface area contributed by atoms with Gasteiger partial charge in [0, 0.05) is 0 Å². The molecule has 8 nitrogen and oxygen atoms in total. The summed E-state index contributed by atoms with van der Waals surface area (Å²) in [5.74, 6) is -0.141. The van der Waals surface area contributed by atoms with E-state index in [1.54, 1.807) is 22.7 Å². The highest BCUT2D eigenvalue weighted by Gasteiger charge is 2.27. The first-order valence-corrected chi connectivity index (χ1v) is 8.02. The number of carbonyl (C=O) groups excluding carboxylic acids is 1. The molecule has 1 aliphatic rings. The lowest BCUT2D eigenvalue weighted by molar-refractivity contribution is 0.100. The number of phenolic OH excluding ortho intramolecular Hbond substituents is 1. The van der Waals surface area contributed by atoms with Crippen LogP contribution in [0, 0.1) is 6.92 Å². The minimum absolute atomic E-state index is 0.0921. The molecule has 3 heterocycles. The maximum Gasteiger partial charge on any atom is 0.254 e. The Bertz CT molecular complexity index is 1190. The molecule has 0 radical (unpaired) electrons. The zero-order valence-electron chi connectivity index (χ0n) is 13.4. The molecule has 4 aromatic rings. The maximum absolute atomic E-state index is 12.1. The van der Waals surface area contributed by atoms with Crippen molar-refractivity contribution in [1.29, 1.82) is 0 Å². The molecule has 4 N–H and O–H groups in total. The van der Waals surface area contributed by atoms with E-state index in [-0.39, 0.29) is 17.4 Å². The number of aromatic nitrogens is 4. The number of nitrogens with two attached hydrogens (primary N) is 1. The van der Waals surface area contributed by atoms with E-state index >= 15 is 0 Å². The number of nitrogens with one attached hydrogen (secondary N) is 1. The molecule has 0 unspecified atom stereocenters. The summed E-state index contributed by atoms with van der Waals surface area (Å²) in [7, 11) is 0. The lowest BCUT2D eigenvalue weighted by Gasteiger charge is -2.03. The molecule has 1 fully saturated rings. The van der Waals surface area contributed by atoms with Crippen molar-refractivity contribution in [2.24, 2.45) is 5.73 Å². The third-order valence-corrected chi connectivity index (χ3v) is 4.52. The first kappa shape index (κ1) is 14.1. The number of ether oxygens (including phenoxy) is 1. The predicted molar refractivity (Wildman–Crippen MR) is 90.9 cm³/mol. The lowest BCUT2D eigenvalue weighted by Crippen LogP contribution is -2.11. The fourth-order valence-electron chi connectivity index (χ4n) is 3.23. The van der Waals surface area contributed by atoms with Crippen LogP contribution in [0.2, 0.25) is 0 Å². The summed E-state index contributed by atoms with van der Waals surface area (Å²) in [6, 6.07) is 3.41. The van der Waals surface area contributed by atoms with Crippen molar-refractivity contribution in [1.82, 2.24) is 19.4 Å². The Balaban J connectivity index is 1.92. The van der Waals surface area contributed by atoms with E-state index in [2.05, 4.69) is 15.0 Å². The zero-order valence-corrected chi connectivity index (χ0v) is 13.4. The van der Waals surface area contributed by atoms with Gasteiger partial charge >= 0.3 is 0 Å². The van der Waals surface area contributed by atoms with Gasteiger partial charge in [0.05, 0.1) is 11.7 Å². The van der Waals surface area contributed by atoms with Crippen molar-refractivity contribution >= 4 is 33.8 Å². The third kappa shape index (κ3) is 1.90. The number of aryl methyl sites for hydroxylation is 1. The number of carbonyl (C=O) groups is 1. The van der Waals surface area contributed by atoms with Gasteiger partial charge in [0.25, 0.3) is 5.91 Å². The van der Waals surface area contributed by atoms with E-state index in [1.807, 2.05) is 6.92 Å². The average molecular weight is 337 g/mol. The van der Waals surface area contributed by atoms with Crippen LogP contribution in [0.3, 0.4) is 0 Å². The molecular weight excluding hydrogens is 322 g/mol. The molecule has 126 valence electrons. The molecule has 25 heavy (non-hydrogen) atoms. The highest BCUT2D eigenvalue weighted by molar-refractivity contribution is 6.12. The minimum atomic E-state index is -0.617. The zero-order chi connectivity index (χ0) is 17.3. The topological polar surface area (TPSA) is 119 Å². The second kappa shape index (κ2) is 4.62. The number of benzene rings is 1. The molecule has 0 bridgehead atoms. The van der Waals surface area contributed by atoms with E-state index in [4.69, 9.17) is 10.5 Å². The molecule has 0 saturated heterocycles. The van der Waals surface area contributed by atoms with Gasteiger partial charge in [-0.3, -0.25) is 9.20 Å². The van der Waals surface area contributed by atoms with Crippen molar-refractivity contribution in [2.45, 2.75) is 25.9 Å². The van der Waals surface area contributed by atoms with E-state index in [0.29, 0.717) is 28.2 Å². The highest BCUT2D eigenvalue weighted by Crippen LogP contribution is 2.34. The summed E-state index contributed by atoms with van der Waals surface area (Å²) in [5.41, 5.74) is 9.37. The predicted octanol–water partition coefficient (Wildman–Crippen LogP) is 2.02. The Morgan fingerprint density at radius 3 is 2.96 bits per heavy atom. The third-order valence-electron chi connectivity index (χ3n) is 4.52. The summed E-state index contributed by atoms with van der Waals surface area (Å²) in [4.78, 5) is 24.1. The van der Waals surface area contributed by atoms with E-state index in [0.717, 1.165) is 23.9 Å². The number of H-pyrrole nitrogens is 1. The van der Waals surface area contributed by atoms with Gasteiger partial charge in [-0.2, -0.15) is 0 Å². The number of primary amides is 1. The van der Waals surface area contributed by atoms with E-state index in [1.165, 1.54) is 0 Å². The molecule has 1 saturated carbocycles. The molecule has 3 aromatic heterocycles. The Labute approximate surface area is 141 Å². The Morgan fingerprint density at radius 2 is 2.24 bits per heavy atom. The summed E-state index contributed by atoms with van der Waals surface area (Å²) in [6.45, 7) is 1.92. The largest absolute Gasteiger partial charge is 0.506 e. The number of imidazole rings is 1. The number of phenols is 1. The van der Waals surface area contributed by atoms with Gasteiger partial charge in [0.2, 0.25) is 5.88 Å². The SMILES string of the molecule is Cc1ccc(O)c2[nH]c3c(C(N)=O)c4nc(OC5CC5)cnc4n3c12. The summed E-state index contributed by atoms with van der Waals surface area (Å²) >= 11 is 0. The van der Waals surface area contributed by atoms with Gasteiger partial charge < -0.3 is 20.6 Å². The quantitative estimate of drug-likeness (QED) is 0.528. The van der Waals surface area contributed by atoms with Crippen LogP contribution in [0.1, 0.15) is 28.8 Å². The minimum Gasteiger partial charge on any atom is -0.506 e. The van der Waals surface area contributed by atoms with Crippen LogP contribution in [-0.4, -0.2) is 36.5 Å². The van der Waals surface area contributed by atoms with Crippen LogP contribution in [0.15, 0.2) is 18.3 Å². The fourth-order valence-corrected chi connectivity index (χ4v) is 3.23. The van der Waals surface area contributed by atoms with Gasteiger partial charge in [-0.05, 0) is 31.4 Å². The van der Waals surface area contributed by atoms with Gasteiger partial charge in [-0.15, -0.1) is 0 Å². The summed E-state index contributed by atoms with van der Waals surface area (Å²) in [6.07, 6.45) is 3.73. The van der Waals surface area contributed by atoms with Crippen LogP contribution in [0.5, 0.6) is 11.6 Å². The second-order valence-corrected chi connectivity index (χ2v) is 6.37. The molecule has 0 spiro atoms. The van der Waals surface area contributed by atoms with Crippen LogP contribution in [0.4, 0.5) is 0 Å². The number of hydrogen-bond acceptors (Lipinski definition) is 5. The van der Waals surface area contributed by atoms with Crippen LogP contribution in [-0.2, 0) is 0 Å². The van der Waals surface area contributed by atoms with Crippen molar-refractivity contribution in [2.75, 3.05) is 0 Å². The number of amides is 1. The van der Waals surface area contributed by atoms with Crippen molar-refractivity contribution in [3.63, 3.8) is 0 Å². The molecule has 8 heteroatoms. The Hall–Kier alpha value is -3.29. The number of hydrogen-bond donors (Lipinski definition) is 3. The smallest absolute Gasteiger partial charge is 0.254 e. The number of nitrogens with zero attached hydrogens (tertiary/aromatic N) is 3. The maximum atomic E-state index is 12.1. The Morgan fingerprint density at radius 1 is 1.44 bits per heavy atom. The van der Waals surface area contributed by atoms with E-state index < -0.39 is 5.91 Å². The number of aromatic amines is 1. The summed E-state index contributed by atoms with van der Waals surface area (Å²) in [5, 5.41) is 10.2. The first-order valence-electron chi connectivity index (χ1n) is 8.02. The van der Waals surface area contributed by atoms with Crippen LogP contribution >= 0.6 is 0 Å². The normalized spacial score (nSPS) is 14.6. The van der Waals surface area contributed by atoms with Crippen molar-refractivity contribution < 1.29 is 14.6 Å². The molecule has 5 rings (SSSR count). The van der Waals surface area contributed by atoms with Crippen LogP contribution < -0.4 is 10.5 Å². The lowest BCUT2D eigenvalue weighted by atomic mass is 10.2. The van der Waals surface area contributed by atoms with E-state index in [9.17, 15) is 9.90 Å². The number of aromatic hydroxyl groups is 1. The fraction of sp³-hybridized carbons (Fsp3) is 0.235. The number of fused-ring (bicyclic) bond motifs is 5.